The van der Waals surface area contributed by atoms with E-state index in [1.54, 1.807) is 6.07 Å². The summed E-state index contributed by atoms with van der Waals surface area (Å²) in [5.74, 6) is -0.360. The second-order valence-corrected chi connectivity index (χ2v) is 3.64. The first-order valence-electron chi connectivity index (χ1n) is 4.81. The van der Waals surface area contributed by atoms with Crippen molar-refractivity contribution in [2.75, 3.05) is 0 Å². The van der Waals surface area contributed by atoms with E-state index in [0.29, 0.717) is 5.56 Å². The van der Waals surface area contributed by atoms with Gasteiger partial charge in [-0.1, -0.05) is 36.4 Å². The van der Waals surface area contributed by atoms with Gasteiger partial charge in [-0.3, -0.25) is 4.79 Å². The van der Waals surface area contributed by atoms with Gasteiger partial charge in [-0.05, 0) is 21.7 Å². The Bertz CT molecular complexity index is 747. The van der Waals surface area contributed by atoms with Crippen molar-refractivity contribution in [3.8, 4) is 0 Å². The van der Waals surface area contributed by atoms with Crippen molar-refractivity contribution in [3.05, 3.63) is 68.9 Å². The van der Waals surface area contributed by atoms with E-state index in [1.165, 1.54) is 5.22 Å². The molecular weight excluding hydrogens is 186 g/mol. The summed E-state index contributed by atoms with van der Waals surface area (Å²) in [5.41, 5.74) is 5.95. The molecule has 0 spiro atoms. The van der Waals surface area contributed by atoms with Crippen LogP contribution in [0, 0.1) is 20.9 Å². The summed E-state index contributed by atoms with van der Waals surface area (Å²) in [7, 11) is 0. The Morgan fingerprint density at radius 2 is 1.53 bits per heavy atom. The van der Waals surface area contributed by atoms with E-state index in [4.69, 9.17) is 5.73 Å². The molecule has 0 radical (unpaired) electrons. The van der Waals surface area contributed by atoms with Gasteiger partial charge in [-0.2, -0.15) is 0 Å². The largest absolute Gasteiger partial charge is 0.366 e. The molecule has 0 bridgehead atoms. The Labute approximate surface area is 86.0 Å². The zero-order valence-electron chi connectivity index (χ0n) is 8.03. The Kier molecular flexibility index (Phi) is 1.48. The fourth-order valence-corrected chi connectivity index (χ4v) is 2.15. The Morgan fingerprint density at radius 1 is 0.867 bits per heavy atom. The number of amides is 1. The van der Waals surface area contributed by atoms with E-state index in [9.17, 15) is 4.79 Å². The maximum absolute atomic E-state index is 11.2. The first-order valence-corrected chi connectivity index (χ1v) is 4.81. The zero-order valence-corrected chi connectivity index (χ0v) is 8.03. The molecule has 15 heavy (non-hydrogen) atoms. The summed E-state index contributed by atoms with van der Waals surface area (Å²) in [6.45, 7) is 0. The molecule has 0 atom stereocenters. The molecule has 2 aromatic rings. The van der Waals surface area contributed by atoms with Gasteiger partial charge in [0.25, 0.3) is 0 Å². The lowest BCUT2D eigenvalue weighted by Gasteiger charge is -2.07. The van der Waals surface area contributed by atoms with E-state index in [0.717, 1.165) is 15.7 Å². The third-order valence-corrected chi connectivity index (χ3v) is 2.82. The fourth-order valence-electron chi connectivity index (χ4n) is 2.15. The van der Waals surface area contributed by atoms with E-state index < -0.39 is 0 Å². The highest BCUT2D eigenvalue weighted by Gasteiger charge is 2.09. The number of benzene rings is 2. The van der Waals surface area contributed by atoms with Crippen LogP contribution in [-0.2, 0) is 0 Å². The number of carbonyl (C=O) groups excluding carboxylic acids is 1. The van der Waals surface area contributed by atoms with Gasteiger partial charge < -0.3 is 5.73 Å². The van der Waals surface area contributed by atoms with Crippen LogP contribution in [0.4, 0.5) is 0 Å². The molecule has 0 saturated carbocycles. The summed E-state index contributed by atoms with van der Waals surface area (Å²) >= 11 is 0. The molecule has 2 heteroatoms. The summed E-state index contributed by atoms with van der Waals surface area (Å²) in [6, 6.07) is 13.7. The van der Waals surface area contributed by atoms with Gasteiger partial charge in [0.2, 0.25) is 5.91 Å². The predicted octanol–water partition coefficient (Wildman–Crippen LogP) is 1.67. The number of fused-ring (bicyclic) bond motifs is 2. The van der Waals surface area contributed by atoms with Crippen molar-refractivity contribution in [1.82, 2.24) is 0 Å². The van der Waals surface area contributed by atoms with Crippen LogP contribution in [0.1, 0.15) is 10.4 Å². The highest BCUT2D eigenvalue weighted by atomic mass is 16.1. The van der Waals surface area contributed by atoms with Crippen LogP contribution in [0.5, 0.6) is 0 Å². The maximum atomic E-state index is 11.2. The Morgan fingerprint density at radius 3 is 2.27 bits per heavy atom. The van der Waals surface area contributed by atoms with Crippen molar-refractivity contribution in [2.24, 2.45) is 5.73 Å². The monoisotopic (exact) mass is 195 g/mol. The lowest BCUT2D eigenvalue weighted by Crippen LogP contribution is -2.13. The summed E-state index contributed by atoms with van der Waals surface area (Å²) < 4.78 is 0. The smallest absolute Gasteiger partial charge is 0.249 e. The van der Waals surface area contributed by atoms with Crippen molar-refractivity contribution >= 4 is 5.91 Å². The second-order valence-electron chi connectivity index (χ2n) is 3.64. The van der Waals surface area contributed by atoms with Crippen LogP contribution in [0.15, 0.2) is 42.5 Å². The summed E-state index contributed by atoms with van der Waals surface area (Å²) in [6.07, 6.45) is 0. The highest BCUT2D eigenvalue weighted by molar-refractivity contribution is 5.93. The van der Waals surface area contributed by atoms with Crippen molar-refractivity contribution in [2.45, 2.75) is 0 Å². The highest BCUT2D eigenvalue weighted by Crippen LogP contribution is 2.15. The van der Waals surface area contributed by atoms with Crippen LogP contribution in [0.3, 0.4) is 0 Å². The van der Waals surface area contributed by atoms with Gasteiger partial charge in [0.1, 0.15) is 0 Å². The minimum Gasteiger partial charge on any atom is -0.366 e. The first kappa shape index (κ1) is 8.24. The minimum atomic E-state index is -0.360. The Balaban J connectivity index is 2.60. The summed E-state index contributed by atoms with van der Waals surface area (Å²) in [4.78, 5) is 11.2. The molecule has 1 aliphatic carbocycles. The number of rotatable bonds is 1. The molecule has 2 N–H and O–H groups in total. The molecule has 1 aliphatic rings. The Hall–Kier alpha value is -2.09. The van der Waals surface area contributed by atoms with E-state index >= 15 is 0 Å². The quantitative estimate of drug-likeness (QED) is 0.630. The molecule has 2 nitrogen and oxygen atoms in total. The molecule has 72 valence electrons. The molecule has 0 aromatic heterocycles. The molecular formula is C13H9NO. The van der Waals surface area contributed by atoms with Gasteiger partial charge in [0.15, 0.2) is 0 Å². The lowest BCUT2D eigenvalue weighted by molar-refractivity contribution is 0.0999. The van der Waals surface area contributed by atoms with Crippen molar-refractivity contribution in [3.63, 3.8) is 0 Å². The molecule has 1 amide bonds. The van der Waals surface area contributed by atoms with Gasteiger partial charge in [0.05, 0.1) is 0 Å². The van der Waals surface area contributed by atoms with Crippen LogP contribution in [0.2, 0.25) is 0 Å². The number of hydrogen-bond acceptors (Lipinski definition) is 1. The number of carbonyl (C=O) groups is 1. The standard InChI is InChI=1S/C13H9NO/c14-13(15)11-7-3-6-10-8-4-1-2-5-9(8)12(10)11/h1-7H,(H2,14,15). The van der Waals surface area contributed by atoms with Crippen molar-refractivity contribution < 1.29 is 4.79 Å². The van der Waals surface area contributed by atoms with Crippen LogP contribution < -0.4 is 5.73 Å². The van der Waals surface area contributed by atoms with Crippen molar-refractivity contribution in [1.29, 1.82) is 0 Å². The molecule has 0 fully saturated rings. The van der Waals surface area contributed by atoms with E-state index in [2.05, 4.69) is 6.07 Å². The number of primary amides is 1. The molecule has 0 saturated heterocycles. The van der Waals surface area contributed by atoms with E-state index in [-0.39, 0.29) is 5.91 Å². The minimum absolute atomic E-state index is 0.360. The maximum Gasteiger partial charge on any atom is 0.249 e. The van der Waals surface area contributed by atoms with Gasteiger partial charge in [-0.25, -0.2) is 0 Å². The first-order chi connectivity index (χ1) is 7.29. The SMILES string of the molecule is NC(=O)c1cccc2c1=c1ccccc1=2. The molecule has 0 unspecified atom stereocenters. The third-order valence-electron chi connectivity index (χ3n) is 2.82. The predicted molar refractivity (Wildman–Crippen MR) is 56.7 cm³/mol. The average molecular weight is 195 g/mol. The second kappa shape index (κ2) is 2.70. The summed E-state index contributed by atoms with van der Waals surface area (Å²) in [5, 5.41) is 4.46. The van der Waals surface area contributed by atoms with Crippen LogP contribution in [-0.4, -0.2) is 5.91 Å². The van der Waals surface area contributed by atoms with Crippen LogP contribution >= 0.6 is 0 Å². The third kappa shape index (κ3) is 0.960. The molecule has 0 heterocycles. The molecule has 0 aliphatic heterocycles. The van der Waals surface area contributed by atoms with E-state index in [1.807, 2.05) is 30.3 Å². The van der Waals surface area contributed by atoms with Gasteiger partial charge >= 0.3 is 0 Å². The zero-order chi connectivity index (χ0) is 10.4. The topological polar surface area (TPSA) is 43.1 Å². The van der Waals surface area contributed by atoms with Gasteiger partial charge in [0, 0.05) is 10.8 Å². The average Bonchev–Trinajstić information content (AvgIpc) is 2.24. The number of nitrogens with two attached hydrogens (primary N) is 1. The normalized spacial score (nSPS) is 11.2. The molecule has 2 aromatic carbocycles. The van der Waals surface area contributed by atoms with Gasteiger partial charge in [-0.15, -0.1) is 0 Å². The van der Waals surface area contributed by atoms with Crippen LogP contribution in [0.25, 0.3) is 0 Å². The fraction of sp³-hybridized carbons (Fsp3) is 0. The lowest BCUT2D eigenvalue weighted by atomic mass is 9.97. The molecule has 3 rings (SSSR count). The number of hydrogen-bond donors (Lipinski definition) is 1.